The second kappa shape index (κ2) is 6.38. The quantitative estimate of drug-likeness (QED) is 0.739. The van der Waals surface area contributed by atoms with Gasteiger partial charge in [-0.2, -0.15) is 11.8 Å². The van der Waals surface area contributed by atoms with Crippen molar-refractivity contribution in [3.05, 3.63) is 0 Å². The van der Waals surface area contributed by atoms with Gasteiger partial charge in [0.25, 0.3) is 0 Å². The van der Waals surface area contributed by atoms with Crippen LogP contribution in [0.5, 0.6) is 0 Å². The number of hydrogen-bond acceptors (Lipinski definition) is 3. The van der Waals surface area contributed by atoms with E-state index in [0.29, 0.717) is 12.5 Å². The molecule has 1 aliphatic carbocycles. The van der Waals surface area contributed by atoms with Gasteiger partial charge in [-0.3, -0.25) is 4.79 Å². The molecule has 0 amide bonds. The van der Waals surface area contributed by atoms with Crippen LogP contribution in [0, 0.1) is 11.8 Å². The van der Waals surface area contributed by atoms with Gasteiger partial charge >= 0.3 is 5.97 Å². The Morgan fingerprint density at radius 1 is 1.53 bits per heavy atom. The molecule has 0 spiro atoms. The van der Waals surface area contributed by atoms with Gasteiger partial charge in [0.1, 0.15) is 0 Å². The summed E-state index contributed by atoms with van der Waals surface area (Å²) in [6.07, 6.45) is 2.92. The van der Waals surface area contributed by atoms with Gasteiger partial charge in [0.2, 0.25) is 0 Å². The highest BCUT2D eigenvalue weighted by Crippen LogP contribution is 2.36. The summed E-state index contributed by atoms with van der Waals surface area (Å²) in [7, 11) is 1.68. The summed E-state index contributed by atoms with van der Waals surface area (Å²) in [4.78, 5) is 11.1. The Morgan fingerprint density at radius 2 is 2.27 bits per heavy atom. The summed E-state index contributed by atoms with van der Waals surface area (Å²) in [6.45, 7) is 2.92. The lowest BCUT2D eigenvalue weighted by Crippen LogP contribution is -2.32. The molecule has 4 heteroatoms. The number of carboxylic acid groups (broad SMARTS) is 1. The molecular formula is C11H20O3S. The summed E-state index contributed by atoms with van der Waals surface area (Å²) < 4.78 is 4.99. The molecule has 1 rings (SSSR count). The van der Waals surface area contributed by atoms with E-state index in [1.165, 1.54) is 0 Å². The zero-order valence-corrected chi connectivity index (χ0v) is 10.3. The van der Waals surface area contributed by atoms with Gasteiger partial charge in [0.15, 0.2) is 0 Å². The standard InChI is InChI=1S/C11H20O3S/c1-8-3-4-9(11(12)13)10(7-8)15-6-5-14-2/h8-10H,3-7H2,1-2H3,(H,12,13). The Labute approximate surface area is 95.6 Å². The molecule has 1 aliphatic rings. The van der Waals surface area contributed by atoms with Gasteiger partial charge in [0, 0.05) is 18.1 Å². The van der Waals surface area contributed by atoms with Crippen molar-refractivity contribution in [3.63, 3.8) is 0 Å². The van der Waals surface area contributed by atoms with Crippen molar-refractivity contribution in [2.45, 2.75) is 31.4 Å². The third-order valence-electron chi connectivity index (χ3n) is 2.99. The maximum absolute atomic E-state index is 11.1. The van der Waals surface area contributed by atoms with E-state index in [4.69, 9.17) is 9.84 Å². The van der Waals surface area contributed by atoms with Crippen LogP contribution in [0.3, 0.4) is 0 Å². The summed E-state index contributed by atoms with van der Waals surface area (Å²) in [5.41, 5.74) is 0. The topological polar surface area (TPSA) is 46.5 Å². The minimum atomic E-state index is -0.628. The Hall–Kier alpha value is -0.220. The van der Waals surface area contributed by atoms with Crippen LogP contribution in [-0.2, 0) is 9.53 Å². The lowest BCUT2D eigenvalue weighted by Gasteiger charge is -2.31. The largest absolute Gasteiger partial charge is 0.481 e. The van der Waals surface area contributed by atoms with Gasteiger partial charge in [-0.1, -0.05) is 6.92 Å². The highest BCUT2D eigenvalue weighted by molar-refractivity contribution is 7.99. The van der Waals surface area contributed by atoms with E-state index in [1.54, 1.807) is 18.9 Å². The summed E-state index contributed by atoms with van der Waals surface area (Å²) >= 11 is 1.76. The molecule has 0 bridgehead atoms. The minimum absolute atomic E-state index is 0.150. The van der Waals surface area contributed by atoms with Crippen LogP contribution in [-0.4, -0.2) is 35.8 Å². The van der Waals surface area contributed by atoms with Crippen LogP contribution in [0.15, 0.2) is 0 Å². The first-order valence-corrected chi connectivity index (χ1v) is 6.53. The summed E-state index contributed by atoms with van der Waals surface area (Å²) in [5.74, 6) is 0.790. The zero-order valence-electron chi connectivity index (χ0n) is 9.44. The fourth-order valence-electron chi connectivity index (χ4n) is 2.08. The molecule has 3 unspecified atom stereocenters. The summed E-state index contributed by atoms with van der Waals surface area (Å²) in [6, 6.07) is 0. The predicted molar refractivity (Wildman–Crippen MR) is 62.3 cm³/mol. The number of carbonyl (C=O) groups is 1. The first-order valence-electron chi connectivity index (χ1n) is 5.48. The van der Waals surface area contributed by atoms with Crippen LogP contribution in [0.2, 0.25) is 0 Å². The van der Waals surface area contributed by atoms with Gasteiger partial charge in [0.05, 0.1) is 12.5 Å². The number of thioether (sulfide) groups is 1. The maximum Gasteiger partial charge on any atom is 0.307 e. The smallest absolute Gasteiger partial charge is 0.307 e. The molecule has 88 valence electrons. The Bertz CT molecular complexity index is 208. The van der Waals surface area contributed by atoms with E-state index < -0.39 is 5.97 Å². The van der Waals surface area contributed by atoms with E-state index in [9.17, 15) is 4.79 Å². The van der Waals surface area contributed by atoms with Crippen molar-refractivity contribution in [1.82, 2.24) is 0 Å². The monoisotopic (exact) mass is 232 g/mol. The van der Waals surface area contributed by atoms with Gasteiger partial charge in [-0.25, -0.2) is 0 Å². The molecule has 0 aromatic carbocycles. The molecule has 3 nitrogen and oxygen atoms in total. The molecule has 0 aliphatic heterocycles. The van der Waals surface area contributed by atoms with E-state index in [0.717, 1.165) is 25.0 Å². The molecule has 0 radical (unpaired) electrons. The molecule has 3 atom stereocenters. The maximum atomic E-state index is 11.1. The van der Waals surface area contributed by atoms with Crippen molar-refractivity contribution in [3.8, 4) is 0 Å². The van der Waals surface area contributed by atoms with Crippen LogP contribution in [0.25, 0.3) is 0 Å². The average molecular weight is 232 g/mol. The van der Waals surface area contributed by atoms with Gasteiger partial charge in [-0.05, 0) is 25.2 Å². The highest BCUT2D eigenvalue weighted by Gasteiger charge is 2.33. The lowest BCUT2D eigenvalue weighted by atomic mass is 9.82. The fourth-order valence-corrected chi connectivity index (χ4v) is 3.59. The van der Waals surface area contributed by atoms with Crippen LogP contribution >= 0.6 is 11.8 Å². The second-order valence-corrected chi connectivity index (χ2v) is 5.61. The molecule has 1 fully saturated rings. The Kier molecular flexibility index (Phi) is 5.47. The van der Waals surface area contributed by atoms with Crippen molar-refractivity contribution in [1.29, 1.82) is 0 Å². The van der Waals surface area contributed by atoms with Gasteiger partial charge in [-0.15, -0.1) is 0 Å². The van der Waals surface area contributed by atoms with Crippen LogP contribution in [0.4, 0.5) is 0 Å². The Balaban J connectivity index is 2.43. The molecular weight excluding hydrogens is 212 g/mol. The number of aliphatic carboxylic acids is 1. The average Bonchev–Trinajstić information content (AvgIpc) is 2.18. The normalized spacial score (nSPS) is 31.5. The van der Waals surface area contributed by atoms with E-state index in [-0.39, 0.29) is 11.2 Å². The van der Waals surface area contributed by atoms with Crippen molar-refractivity contribution < 1.29 is 14.6 Å². The highest BCUT2D eigenvalue weighted by atomic mass is 32.2. The molecule has 0 aromatic heterocycles. The van der Waals surface area contributed by atoms with E-state index in [2.05, 4.69) is 6.92 Å². The number of hydrogen-bond donors (Lipinski definition) is 1. The number of methoxy groups -OCH3 is 1. The SMILES string of the molecule is COCCSC1CC(C)CCC1C(=O)O. The molecule has 15 heavy (non-hydrogen) atoms. The first-order chi connectivity index (χ1) is 7.15. The number of ether oxygens (including phenoxy) is 1. The van der Waals surface area contributed by atoms with Crippen molar-refractivity contribution >= 4 is 17.7 Å². The summed E-state index contributed by atoms with van der Waals surface area (Å²) in [5, 5.41) is 9.39. The van der Waals surface area contributed by atoms with Crippen LogP contribution in [0.1, 0.15) is 26.2 Å². The second-order valence-electron chi connectivity index (χ2n) is 4.26. The van der Waals surface area contributed by atoms with Gasteiger partial charge < -0.3 is 9.84 Å². The van der Waals surface area contributed by atoms with E-state index in [1.807, 2.05) is 0 Å². The minimum Gasteiger partial charge on any atom is -0.481 e. The lowest BCUT2D eigenvalue weighted by molar-refractivity contribution is -0.142. The molecule has 0 saturated heterocycles. The number of carboxylic acids is 1. The predicted octanol–water partition coefficient (Wildman–Crippen LogP) is 2.26. The third kappa shape index (κ3) is 4.03. The van der Waals surface area contributed by atoms with Crippen LogP contribution < -0.4 is 0 Å². The molecule has 0 aromatic rings. The molecule has 1 saturated carbocycles. The first kappa shape index (κ1) is 12.8. The van der Waals surface area contributed by atoms with Crippen molar-refractivity contribution in [2.75, 3.05) is 19.5 Å². The van der Waals surface area contributed by atoms with Crippen molar-refractivity contribution in [2.24, 2.45) is 11.8 Å². The van der Waals surface area contributed by atoms with E-state index >= 15 is 0 Å². The number of rotatable bonds is 5. The zero-order chi connectivity index (χ0) is 11.3. The Morgan fingerprint density at radius 3 is 2.87 bits per heavy atom. The molecule has 0 heterocycles. The molecule has 1 N–H and O–H groups in total. The fraction of sp³-hybridized carbons (Fsp3) is 0.909. The third-order valence-corrected chi connectivity index (χ3v) is 4.34.